The Morgan fingerprint density at radius 3 is 2.75 bits per heavy atom. The van der Waals surface area contributed by atoms with E-state index in [1.807, 2.05) is 0 Å². The van der Waals surface area contributed by atoms with E-state index in [-0.39, 0.29) is 5.75 Å². The topological polar surface area (TPSA) is 34.1 Å². The molecule has 1 rings (SSSR count). The van der Waals surface area contributed by atoms with Crippen LogP contribution in [0.1, 0.15) is 25.7 Å². The molecule has 0 amide bonds. The zero-order valence-electron chi connectivity index (χ0n) is 6.87. The van der Waals surface area contributed by atoms with Crippen LogP contribution in [-0.2, 0) is 9.05 Å². The van der Waals surface area contributed by atoms with E-state index in [9.17, 15) is 8.42 Å². The van der Waals surface area contributed by atoms with Gasteiger partial charge < -0.3 is 0 Å². The van der Waals surface area contributed by atoms with E-state index in [0.29, 0.717) is 12.3 Å². The summed E-state index contributed by atoms with van der Waals surface area (Å²) in [7, 11) is 1.82. The van der Waals surface area contributed by atoms with Crippen molar-refractivity contribution in [3.8, 4) is 0 Å². The zero-order chi connectivity index (χ0) is 9.03. The summed E-state index contributed by atoms with van der Waals surface area (Å²) in [5.74, 6) is 0.524. The molecule has 0 saturated carbocycles. The summed E-state index contributed by atoms with van der Waals surface area (Å²) in [5, 5.41) is 0. The first-order chi connectivity index (χ1) is 5.58. The molecule has 2 nitrogen and oxygen atoms in total. The van der Waals surface area contributed by atoms with E-state index in [4.69, 9.17) is 10.7 Å². The Kier molecular flexibility index (Phi) is 3.59. The fraction of sp³-hybridized carbons (Fsp3) is 0.750. The Morgan fingerprint density at radius 2 is 2.25 bits per heavy atom. The molecule has 1 atom stereocenters. The maximum absolute atomic E-state index is 10.6. The van der Waals surface area contributed by atoms with Crippen molar-refractivity contribution in [1.29, 1.82) is 0 Å². The molecule has 70 valence electrons. The van der Waals surface area contributed by atoms with Crippen molar-refractivity contribution in [1.82, 2.24) is 0 Å². The number of hydrogen-bond donors (Lipinski definition) is 0. The number of halogens is 1. The van der Waals surface area contributed by atoms with Gasteiger partial charge >= 0.3 is 0 Å². The second-order valence-electron chi connectivity index (χ2n) is 3.15. The summed E-state index contributed by atoms with van der Waals surface area (Å²) < 4.78 is 21.2. The van der Waals surface area contributed by atoms with Gasteiger partial charge in [0, 0.05) is 10.7 Å². The molecule has 1 aliphatic carbocycles. The summed E-state index contributed by atoms with van der Waals surface area (Å²) in [5.41, 5.74) is 0. The second-order valence-corrected chi connectivity index (χ2v) is 6.05. The van der Waals surface area contributed by atoms with Gasteiger partial charge in [-0.3, -0.25) is 0 Å². The molecule has 1 aliphatic rings. The standard InChI is InChI=1S/C8H13ClO2S/c9-12(10,11)7-6-8-4-2-1-3-5-8/h2,4,8H,1,3,5-7H2. The zero-order valence-corrected chi connectivity index (χ0v) is 8.44. The van der Waals surface area contributed by atoms with Crippen LogP contribution in [0.5, 0.6) is 0 Å². The highest BCUT2D eigenvalue weighted by molar-refractivity contribution is 8.13. The van der Waals surface area contributed by atoms with E-state index in [1.54, 1.807) is 0 Å². The van der Waals surface area contributed by atoms with Crippen LogP contribution in [0.15, 0.2) is 12.2 Å². The van der Waals surface area contributed by atoms with Crippen LogP contribution in [0.25, 0.3) is 0 Å². The molecule has 0 saturated heterocycles. The van der Waals surface area contributed by atoms with Gasteiger partial charge in [-0.2, -0.15) is 0 Å². The minimum absolute atomic E-state index is 0.101. The molecule has 0 N–H and O–H groups in total. The van der Waals surface area contributed by atoms with E-state index in [1.165, 1.54) is 6.42 Å². The predicted octanol–water partition coefficient (Wildman–Crippen LogP) is 2.30. The lowest BCUT2D eigenvalue weighted by Crippen LogP contribution is -2.07. The smallest absolute Gasteiger partial charge is 0.212 e. The van der Waals surface area contributed by atoms with Crippen molar-refractivity contribution in [2.24, 2.45) is 5.92 Å². The third kappa shape index (κ3) is 4.12. The third-order valence-electron chi connectivity index (χ3n) is 2.09. The summed E-state index contributed by atoms with van der Waals surface area (Å²) in [6.07, 6.45) is 8.29. The first-order valence-electron chi connectivity index (χ1n) is 4.17. The average molecular weight is 209 g/mol. The maximum atomic E-state index is 10.6. The lowest BCUT2D eigenvalue weighted by atomic mass is 9.94. The Labute approximate surface area is 78.0 Å². The summed E-state index contributed by atoms with van der Waals surface area (Å²) in [6.45, 7) is 0. The van der Waals surface area contributed by atoms with Crippen LogP contribution in [0.4, 0.5) is 0 Å². The molecule has 0 bridgehead atoms. The van der Waals surface area contributed by atoms with Crippen molar-refractivity contribution in [3.05, 3.63) is 12.2 Å². The van der Waals surface area contributed by atoms with Crippen molar-refractivity contribution in [2.75, 3.05) is 5.75 Å². The highest BCUT2D eigenvalue weighted by Crippen LogP contribution is 2.21. The van der Waals surface area contributed by atoms with Crippen LogP contribution in [-0.4, -0.2) is 14.2 Å². The molecular weight excluding hydrogens is 196 g/mol. The van der Waals surface area contributed by atoms with Crippen molar-refractivity contribution >= 4 is 19.7 Å². The molecule has 1 unspecified atom stereocenters. The Morgan fingerprint density at radius 1 is 1.50 bits per heavy atom. The molecule has 0 aromatic carbocycles. The summed E-state index contributed by atoms with van der Waals surface area (Å²) in [4.78, 5) is 0. The van der Waals surface area contributed by atoms with Gasteiger partial charge in [-0.15, -0.1) is 0 Å². The lowest BCUT2D eigenvalue weighted by Gasteiger charge is -2.14. The van der Waals surface area contributed by atoms with Crippen LogP contribution in [0, 0.1) is 5.92 Å². The SMILES string of the molecule is O=S(=O)(Cl)CCC1C=CCCC1. The van der Waals surface area contributed by atoms with Crippen LogP contribution < -0.4 is 0 Å². The van der Waals surface area contributed by atoms with E-state index in [2.05, 4.69) is 12.2 Å². The molecule has 0 spiro atoms. The molecule has 0 aromatic heterocycles. The fourth-order valence-electron chi connectivity index (χ4n) is 1.42. The molecule has 0 aliphatic heterocycles. The third-order valence-corrected chi connectivity index (χ3v) is 3.27. The van der Waals surface area contributed by atoms with E-state index < -0.39 is 9.05 Å². The van der Waals surface area contributed by atoms with Gasteiger partial charge in [-0.1, -0.05) is 12.2 Å². The maximum Gasteiger partial charge on any atom is 0.232 e. The largest absolute Gasteiger partial charge is 0.232 e. The molecule has 0 radical (unpaired) electrons. The van der Waals surface area contributed by atoms with Gasteiger partial charge in [0.15, 0.2) is 0 Å². The Hall–Kier alpha value is -0.0200. The minimum Gasteiger partial charge on any atom is -0.212 e. The fourth-order valence-corrected chi connectivity index (χ4v) is 2.27. The minimum atomic E-state index is -3.29. The Bertz CT molecular complexity index is 256. The Balaban J connectivity index is 2.32. The van der Waals surface area contributed by atoms with Gasteiger partial charge in [0.1, 0.15) is 0 Å². The number of rotatable bonds is 3. The molecule has 12 heavy (non-hydrogen) atoms. The van der Waals surface area contributed by atoms with Gasteiger partial charge in [0.2, 0.25) is 9.05 Å². The summed E-state index contributed by atoms with van der Waals surface area (Å²) >= 11 is 0. The van der Waals surface area contributed by atoms with Gasteiger partial charge in [-0.25, -0.2) is 8.42 Å². The number of allylic oxidation sites excluding steroid dienone is 2. The van der Waals surface area contributed by atoms with Crippen molar-refractivity contribution < 1.29 is 8.42 Å². The molecule has 4 heteroatoms. The van der Waals surface area contributed by atoms with Crippen LogP contribution in [0.2, 0.25) is 0 Å². The lowest BCUT2D eigenvalue weighted by molar-refractivity contribution is 0.522. The monoisotopic (exact) mass is 208 g/mol. The van der Waals surface area contributed by atoms with Gasteiger partial charge in [0.05, 0.1) is 5.75 Å². The van der Waals surface area contributed by atoms with E-state index >= 15 is 0 Å². The summed E-state index contributed by atoms with van der Waals surface area (Å²) in [6, 6.07) is 0. The number of hydrogen-bond acceptors (Lipinski definition) is 2. The molecular formula is C8H13ClO2S. The highest BCUT2D eigenvalue weighted by Gasteiger charge is 2.12. The molecule has 0 aromatic rings. The van der Waals surface area contributed by atoms with E-state index in [0.717, 1.165) is 12.8 Å². The quantitative estimate of drug-likeness (QED) is 0.527. The van der Waals surface area contributed by atoms with Gasteiger partial charge in [-0.05, 0) is 31.6 Å². The van der Waals surface area contributed by atoms with Crippen LogP contribution in [0.3, 0.4) is 0 Å². The molecule has 0 fully saturated rings. The van der Waals surface area contributed by atoms with Gasteiger partial charge in [0.25, 0.3) is 0 Å². The second kappa shape index (κ2) is 4.28. The van der Waals surface area contributed by atoms with Crippen molar-refractivity contribution in [2.45, 2.75) is 25.7 Å². The molecule has 0 heterocycles. The first kappa shape index (κ1) is 10.1. The van der Waals surface area contributed by atoms with Crippen LogP contribution >= 0.6 is 10.7 Å². The van der Waals surface area contributed by atoms with Crippen molar-refractivity contribution in [3.63, 3.8) is 0 Å². The average Bonchev–Trinajstić information content (AvgIpc) is 2.02. The highest BCUT2D eigenvalue weighted by atomic mass is 35.7. The first-order valence-corrected chi connectivity index (χ1v) is 6.65. The normalized spacial score (nSPS) is 24.2. The predicted molar refractivity (Wildman–Crippen MR) is 50.7 cm³/mol.